The zero-order valence-corrected chi connectivity index (χ0v) is 17.9. The third-order valence-corrected chi connectivity index (χ3v) is 5.82. The predicted molar refractivity (Wildman–Crippen MR) is 118 cm³/mol. The maximum atomic E-state index is 12.4. The van der Waals surface area contributed by atoms with Gasteiger partial charge in [-0.15, -0.1) is 11.8 Å². The summed E-state index contributed by atoms with van der Waals surface area (Å²) in [6, 6.07) is 16.1. The minimum absolute atomic E-state index is 0.0695. The Hall–Kier alpha value is -2.73. The molecule has 1 amide bonds. The molecule has 152 valence electrons. The third-order valence-electron chi connectivity index (χ3n) is 4.64. The highest BCUT2D eigenvalue weighted by Gasteiger charge is 2.11. The van der Waals surface area contributed by atoms with Gasteiger partial charge >= 0.3 is 0 Å². The van der Waals surface area contributed by atoms with E-state index < -0.39 is 0 Å². The Bertz CT molecular complexity index is 924. The Morgan fingerprint density at radius 1 is 1.24 bits per heavy atom. The van der Waals surface area contributed by atoms with E-state index in [4.69, 9.17) is 4.74 Å². The number of carbonyl (C=O) groups excluding carboxylic acids is 1. The molecule has 0 spiro atoms. The summed E-state index contributed by atoms with van der Waals surface area (Å²) in [7, 11) is 1.66. The Morgan fingerprint density at radius 2 is 2.03 bits per heavy atom. The van der Waals surface area contributed by atoms with Crippen LogP contribution in [0.25, 0.3) is 5.69 Å². The first-order valence-electron chi connectivity index (χ1n) is 9.72. The Kier molecular flexibility index (Phi) is 7.36. The van der Waals surface area contributed by atoms with Gasteiger partial charge in [0.05, 0.1) is 12.8 Å². The molecular formula is C23H27N3O2S. The number of benzene rings is 2. The van der Waals surface area contributed by atoms with E-state index in [0.29, 0.717) is 18.2 Å². The van der Waals surface area contributed by atoms with Gasteiger partial charge in [-0.1, -0.05) is 24.6 Å². The Labute approximate surface area is 176 Å². The van der Waals surface area contributed by atoms with E-state index in [1.165, 1.54) is 4.90 Å². The van der Waals surface area contributed by atoms with E-state index >= 15 is 0 Å². The van der Waals surface area contributed by atoms with Gasteiger partial charge < -0.3 is 10.1 Å². The number of methoxy groups -OCH3 is 1. The van der Waals surface area contributed by atoms with Crippen molar-refractivity contribution in [3.05, 3.63) is 72.1 Å². The van der Waals surface area contributed by atoms with Gasteiger partial charge in [-0.25, -0.2) is 4.68 Å². The number of carbonyl (C=O) groups is 1. The molecule has 29 heavy (non-hydrogen) atoms. The van der Waals surface area contributed by atoms with Crippen molar-refractivity contribution >= 4 is 17.7 Å². The molecule has 0 fully saturated rings. The molecule has 0 bridgehead atoms. The SMILES string of the molecule is COc1ccc(SC(C)CCC(=O)NCc2cc(C)ccc2-n2cccn2)cc1. The lowest BCUT2D eigenvalue weighted by Crippen LogP contribution is -2.24. The van der Waals surface area contributed by atoms with E-state index in [-0.39, 0.29) is 5.91 Å². The fourth-order valence-electron chi connectivity index (χ4n) is 3.05. The number of nitrogens with one attached hydrogen (secondary N) is 1. The molecule has 0 aliphatic heterocycles. The van der Waals surface area contributed by atoms with E-state index in [0.717, 1.165) is 29.0 Å². The number of hydrogen-bond donors (Lipinski definition) is 1. The highest BCUT2D eigenvalue weighted by molar-refractivity contribution is 7.99. The highest BCUT2D eigenvalue weighted by atomic mass is 32.2. The van der Waals surface area contributed by atoms with Gasteiger partial charge in [-0.2, -0.15) is 5.10 Å². The molecule has 0 saturated carbocycles. The van der Waals surface area contributed by atoms with Gasteiger partial charge in [0.25, 0.3) is 0 Å². The largest absolute Gasteiger partial charge is 0.497 e. The van der Waals surface area contributed by atoms with Gasteiger partial charge in [0.1, 0.15) is 5.75 Å². The second-order valence-electron chi connectivity index (χ2n) is 7.00. The standard InChI is InChI=1S/C23H27N3O2S/c1-17-5-11-22(26-14-4-13-25-26)19(15-17)16-24-23(27)12-6-18(2)29-21-9-7-20(28-3)8-10-21/h4-5,7-11,13-15,18H,6,12,16H2,1-3H3,(H,24,27). The zero-order chi connectivity index (χ0) is 20.6. The number of rotatable bonds is 9. The van der Waals surface area contributed by atoms with Crippen molar-refractivity contribution in [2.75, 3.05) is 7.11 Å². The molecule has 0 radical (unpaired) electrons. The van der Waals surface area contributed by atoms with Crippen molar-refractivity contribution in [1.82, 2.24) is 15.1 Å². The zero-order valence-electron chi connectivity index (χ0n) is 17.1. The monoisotopic (exact) mass is 409 g/mol. The Morgan fingerprint density at radius 3 is 2.72 bits per heavy atom. The van der Waals surface area contributed by atoms with Crippen LogP contribution < -0.4 is 10.1 Å². The van der Waals surface area contributed by atoms with Crippen LogP contribution in [0.3, 0.4) is 0 Å². The topological polar surface area (TPSA) is 56.1 Å². The van der Waals surface area contributed by atoms with Crippen LogP contribution in [0.5, 0.6) is 5.75 Å². The van der Waals surface area contributed by atoms with Crippen LogP contribution in [0, 0.1) is 6.92 Å². The summed E-state index contributed by atoms with van der Waals surface area (Å²) in [5.74, 6) is 0.923. The molecule has 3 aromatic rings. The second kappa shape index (κ2) is 10.2. The lowest BCUT2D eigenvalue weighted by Gasteiger charge is -2.14. The molecule has 1 N–H and O–H groups in total. The summed E-state index contributed by atoms with van der Waals surface area (Å²) in [5.41, 5.74) is 3.21. The fourth-order valence-corrected chi connectivity index (χ4v) is 4.05. The molecule has 1 unspecified atom stereocenters. The summed E-state index contributed by atoms with van der Waals surface area (Å²) in [6.45, 7) is 4.70. The number of nitrogens with zero attached hydrogens (tertiary/aromatic N) is 2. The van der Waals surface area contributed by atoms with Crippen LogP contribution in [-0.4, -0.2) is 28.0 Å². The van der Waals surface area contributed by atoms with Gasteiger partial charge in [0.15, 0.2) is 0 Å². The smallest absolute Gasteiger partial charge is 0.220 e. The van der Waals surface area contributed by atoms with Crippen LogP contribution in [0.1, 0.15) is 30.9 Å². The van der Waals surface area contributed by atoms with E-state index in [1.54, 1.807) is 25.1 Å². The van der Waals surface area contributed by atoms with Crippen LogP contribution in [0.15, 0.2) is 65.8 Å². The van der Waals surface area contributed by atoms with Crippen LogP contribution in [0.4, 0.5) is 0 Å². The van der Waals surface area contributed by atoms with Gasteiger partial charge in [0.2, 0.25) is 5.91 Å². The van der Waals surface area contributed by atoms with Crippen LogP contribution in [-0.2, 0) is 11.3 Å². The quantitative estimate of drug-likeness (QED) is 0.518. The van der Waals surface area contributed by atoms with Crippen molar-refractivity contribution < 1.29 is 9.53 Å². The minimum Gasteiger partial charge on any atom is -0.497 e. The molecule has 5 nitrogen and oxygen atoms in total. The van der Waals surface area contributed by atoms with Crippen molar-refractivity contribution in [2.24, 2.45) is 0 Å². The van der Waals surface area contributed by atoms with Crippen molar-refractivity contribution in [2.45, 2.75) is 43.4 Å². The van der Waals surface area contributed by atoms with E-state index in [9.17, 15) is 4.79 Å². The summed E-state index contributed by atoms with van der Waals surface area (Å²) in [6.07, 6.45) is 4.99. The molecule has 1 aromatic heterocycles. The van der Waals surface area contributed by atoms with Crippen molar-refractivity contribution in [1.29, 1.82) is 0 Å². The third kappa shape index (κ3) is 6.12. The average molecular weight is 410 g/mol. The highest BCUT2D eigenvalue weighted by Crippen LogP contribution is 2.27. The number of aryl methyl sites for hydroxylation is 1. The number of aromatic nitrogens is 2. The average Bonchev–Trinajstić information content (AvgIpc) is 3.26. The summed E-state index contributed by atoms with van der Waals surface area (Å²) >= 11 is 1.77. The number of hydrogen-bond acceptors (Lipinski definition) is 4. The second-order valence-corrected chi connectivity index (χ2v) is 8.51. The summed E-state index contributed by atoms with van der Waals surface area (Å²) in [5, 5.41) is 7.72. The molecule has 6 heteroatoms. The molecule has 0 saturated heterocycles. The predicted octanol–water partition coefficient (Wildman–Crippen LogP) is 4.77. The van der Waals surface area contributed by atoms with Gasteiger partial charge in [-0.05, 0) is 55.3 Å². The van der Waals surface area contributed by atoms with Crippen LogP contribution in [0.2, 0.25) is 0 Å². The van der Waals surface area contributed by atoms with Crippen molar-refractivity contribution in [3.63, 3.8) is 0 Å². The van der Waals surface area contributed by atoms with Crippen LogP contribution >= 0.6 is 11.8 Å². The number of ether oxygens (including phenoxy) is 1. The lowest BCUT2D eigenvalue weighted by atomic mass is 10.1. The Balaban J connectivity index is 1.49. The normalized spacial score (nSPS) is 11.8. The van der Waals surface area contributed by atoms with Crippen molar-refractivity contribution in [3.8, 4) is 11.4 Å². The minimum atomic E-state index is 0.0695. The molecular weight excluding hydrogens is 382 g/mol. The maximum absolute atomic E-state index is 12.4. The summed E-state index contributed by atoms with van der Waals surface area (Å²) < 4.78 is 7.02. The maximum Gasteiger partial charge on any atom is 0.220 e. The van der Waals surface area contributed by atoms with E-state index in [1.807, 2.05) is 35.1 Å². The first kappa shape index (κ1) is 21.0. The molecule has 1 heterocycles. The van der Waals surface area contributed by atoms with Gasteiger partial charge in [0, 0.05) is 35.5 Å². The fraction of sp³-hybridized carbons (Fsp3) is 0.304. The molecule has 2 aromatic carbocycles. The molecule has 1 atom stereocenters. The number of thioether (sulfide) groups is 1. The van der Waals surface area contributed by atoms with Gasteiger partial charge in [-0.3, -0.25) is 4.79 Å². The molecule has 3 rings (SSSR count). The molecule has 0 aliphatic carbocycles. The summed E-state index contributed by atoms with van der Waals surface area (Å²) in [4.78, 5) is 13.6. The molecule has 0 aliphatic rings. The first-order valence-corrected chi connectivity index (χ1v) is 10.6. The first-order chi connectivity index (χ1) is 14.0. The number of amides is 1. The van der Waals surface area contributed by atoms with E-state index in [2.05, 4.69) is 48.5 Å². The lowest BCUT2D eigenvalue weighted by molar-refractivity contribution is -0.121.